The van der Waals surface area contributed by atoms with E-state index in [1.54, 1.807) is 13.0 Å². The highest BCUT2D eigenvalue weighted by Crippen LogP contribution is 2.17. The zero-order chi connectivity index (χ0) is 13.5. The molecule has 6 nitrogen and oxygen atoms in total. The molecule has 0 unspecified atom stereocenters. The maximum absolute atomic E-state index is 11.8. The Morgan fingerprint density at radius 3 is 2.72 bits per heavy atom. The number of non-ortho nitro benzene ring substituents is 1. The Morgan fingerprint density at radius 1 is 1.39 bits per heavy atom. The van der Waals surface area contributed by atoms with Crippen molar-refractivity contribution in [2.45, 2.75) is 13.8 Å². The topological polar surface area (TPSA) is 84.3 Å². The van der Waals surface area contributed by atoms with Crippen molar-refractivity contribution in [3.05, 3.63) is 39.4 Å². The van der Waals surface area contributed by atoms with E-state index in [0.29, 0.717) is 18.7 Å². The third-order valence-corrected chi connectivity index (χ3v) is 2.51. The Morgan fingerprint density at radius 2 is 2.11 bits per heavy atom. The third kappa shape index (κ3) is 3.81. The van der Waals surface area contributed by atoms with Gasteiger partial charge < -0.3 is 10.6 Å². The van der Waals surface area contributed by atoms with Crippen LogP contribution in [0.15, 0.2) is 18.2 Å². The number of likely N-dealkylation sites (N-methyl/N-ethyl adjacent to an activating group) is 1. The molecule has 1 rings (SSSR count). The average molecular weight is 251 g/mol. The van der Waals surface area contributed by atoms with Crippen molar-refractivity contribution < 1.29 is 9.72 Å². The van der Waals surface area contributed by atoms with Gasteiger partial charge >= 0.3 is 0 Å². The summed E-state index contributed by atoms with van der Waals surface area (Å²) >= 11 is 0. The van der Waals surface area contributed by atoms with Crippen LogP contribution in [0.25, 0.3) is 0 Å². The first kappa shape index (κ1) is 14.1. The van der Waals surface area contributed by atoms with Gasteiger partial charge in [-0.15, -0.1) is 0 Å². The van der Waals surface area contributed by atoms with Gasteiger partial charge in [-0.05, 0) is 19.0 Å². The summed E-state index contributed by atoms with van der Waals surface area (Å²) in [5, 5.41) is 16.4. The fraction of sp³-hybridized carbons (Fsp3) is 0.417. The van der Waals surface area contributed by atoms with E-state index in [-0.39, 0.29) is 11.6 Å². The molecule has 0 spiro atoms. The van der Waals surface area contributed by atoms with Crippen LogP contribution < -0.4 is 10.6 Å². The van der Waals surface area contributed by atoms with Gasteiger partial charge in [0.15, 0.2) is 0 Å². The summed E-state index contributed by atoms with van der Waals surface area (Å²) in [6, 6.07) is 4.28. The molecule has 1 aromatic rings. The lowest BCUT2D eigenvalue weighted by Gasteiger charge is -2.07. The second kappa shape index (κ2) is 6.70. The Labute approximate surface area is 106 Å². The minimum absolute atomic E-state index is 0.0718. The molecule has 0 radical (unpaired) electrons. The summed E-state index contributed by atoms with van der Waals surface area (Å²) in [4.78, 5) is 22.0. The molecule has 1 amide bonds. The van der Waals surface area contributed by atoms with E-state index in [2.05, 4.69) is 10.6 Å². The molecule has 0 aliphatic heterocycles. The SMILES string of the molecule is CCNCCNC(=O)c1cc([N+](=O)[O-])ccc1C. The summed E-state index contributed by atoms with van der Waals surface area (Å²) in [5.41, 5.74) is 1.000. The lowest BCUT2D eigenvalue weighted by atomic mass is 10.1. The number of carbonyl (C=O) groups is 1. The number of amides is 1. The van der Waals surface area contributed by atoms with Gasteiger partial charge in [0.1, 0.15) is 0 Å². The zero-order valence-corrected chi connectivity index (χ0v) is 10.5. The van der Waals surface area contributed by atoms with Gasteiger partial charge in [-0.2, -0.15) is 0 Å². The van der Waals surface area contributed by atoms with E-state index in [0.717, 1.165) is 12.1 Å². The normalized spacial score (nSPS) is 10.1. The van der Waals surface area contributed by atoms with E-state index in [1.807, 2.05) is 6.92 Å². The van der Waals surface area contributed by atoms with Crippen molar-refractivity contribution >= 4 is 11.6 Å². The van der Waals surface area contributed by atoms with E-state index in [1.165, 1.54) is 12.1 Å². The largest absolute Gasteiger partial charge is 0.351 e. The molecule has 0 aromatic heterocycles. The monoisotopic (exact) mass is 251 g/mol. The summed E-state index contributed by atoms with van der Waals surface area (Å²) in [7, 11) is 0. The van der Waals surface area contributed by atoms with Crippen molar-refractivity contribution in [1.29, 1.82) is 0 Å². The van der Waals surface area contributed by atoms with Crippen molar-refractivity contribution in [3.8, 4) is 0 Å². The van der Waals surface area contributed by atoms with E-state index in [4.69, 9.17) is 0 Å². The summed E-state index contributed by atoms with van der Waals surface area (Å²) in [6.07, 6.45) is 0. The summed E-state index contributed by atoms with van der Waals surface area (Å²) in [6.45, 7) is 5.74. The fourth-order valence-electron chi connectivity index (χ4n) is 1.50. The van der Waals surface area contributed by atoms with Crippen LogP contribution in [-0.4, -0.2) is 30.5 Å². The van der Waals surface area contributed by atoms with Gasteiger partial charge in [-0.1, -0.05) is 13.0 Å². The highest BCUT2D eigenvalue weighted by Gasteiger charge is 2.13. The van der Waals surface area contributed by atoms with Gasteiger partial charge in [0.2, 0.25) is 0 Å². The van der Waals surface area contributed by atoms with Crippen LogP contribution in [0, 0.1) is 17.0 Å². The number of nitrogens with one attached hydrogen (secondary N) is 2. The molecule has 18 heavy (non-hydrogen) atoms. The number of aryl methyl sites for hydroxylation is 1. The second-order valence-corrected chi connectivity index (χ2v) is 3.87. The Kier molecular flexibility index (Phi) is 5.26. The Bertz CT molecular complexity index is 446. The smallest absolute Gasteiger partial charge is 0.270 e. The van der Waals surface area contributed by atoms with Crippen LogP contribution in [0.1, 0.15) is 22.8 Å². The van der Waals surface area contributed by atoms with E-state index < -0.39 is 4.92 Å². The molecular weight excluding hydrogens is 234 g/mol. The van der Waals surface area contributed by atoms with Gasteiger partial charge in [-0.3, -0.25) is 14.9 Å². The minimum Gasteiger partial charge on any atom is -0.351 e. The van der Waals surface area contributed by atoms with E-state index >= 15 is 0 Å². The lowest BCUT2D eigenvalue weighted by molar-refractivity contribution is -0.384. The van der Waals surface area contributed by atoms with Crippen LogP contribution in [0.2, 0.25) is 0 Å². The molecule has 0 saturated heterocycles. The Balaban J connectivity index is 2.72. The predicted octanol–water partition coefficient (Wildman–Crippen LogP) is 1.24. The number of nitro groups is 1. The van der Waals surface area contributed by atoms with Crippen LogP contribution in [0.5, 0.6) is 0 Å². The van der Waals surface area contributed by atoms with Gasteiger partial charge in [-0.25, -0.2) is 0 Å². The fourth-order valence-corrected chi connectivity index (χ4v) is 1.50. The number of nitro benzene ring substituents is 1. The number of benzene rings is 1. The zero-order valence-electron chi connectivity index (χ0n) is 10.5. The third-order valence-electron chi connectivity index (χ3n) is 2.51. The van der Waals surface area contributed by atoms with Crippen molar-refractivity contribution in [3.63, 3.8) is 0 Å². The van der Waals surface area contributed by atoms with Crippen molar-refractivity contribution in [1.82, 2.24) is 10.6 Å². The van der Waals surface area contributed by atoms with Crippen LogP contribution in [-0.2, 0) is 0 Å². The van der Waals surface area contributed by atoms with Crippen LogP contribution in [0.4, 0.5) is 5.69 Å². The highest BCUT2D eigenvalue weighted by atomic mass is 16.6. The second-order valence-electron chi connectivity index (χ2n) is 3.87. The van der Waals surface area contributed by atoms with Gasteiger partial charge in [0, 0.05) is 30.8 Å². The molecule has 98 valence electrons. The number of hydrogen-bond acceptors (Lipinski definition) is 4. The molecule has 1 aromatic carbocycles. The molecule has 2 N–H and O–H groups in total. The summed E-state index contributed by atoms with van der Waals surface area (Å²) in [5.74, 6) is -0.283. The van der Waals surface area contributed by atoms with E-state index in [9.17, 15) is 14.9 Å². The molecule has 0 fully saturated rings. The van der Waals surface area contributed by atoms with Crippen molar-refractivity contribution in [2.75, 3.05) is 19.6 Å². The van der Waals surface area contributed by atoms with Crippen LogP contribution >= 0.6 is 0 Å². The number of rotatable bonds is 6. The maximum atomic E-state index is 11.8. The summed E-state index contributed by atoms with van der Waals surface area (Å²) < 4.78 is 0. The average Bonchev–Trinajstić information content (AvgIpc) is 2.34. The lowest BCUT2D eigenvalue weighted by Crippen LogP contribution is -2.32. The van der Waals surface area contributed by atoms with Gasteiger partial charge in [0.25, 0.3) is 11.6 Å². The number of hydrogen-bond donors (Lipinski definition) is 2. The molecule has 0 bridgehead atoms. The molecule has 0 heterocycles. The number of nitrogens with zero attached hydrogens (tertiary/aromatic N) is 1. The molecular formula is C12H17N3O3. The standard InChI is InChI=1S/C12H17N3O3/c1-3-13-6-7-14-12(16)11-8-10(15(17)18)5-4-9(11)2/h4-5,8,13H,3,6-7H2,1-2H3,(H,14,16). The first-order valence-electron chi connectivity index (χ1n) is 5.80. The molecule has 0 aliphatic rings. The maximum Gasteiger partial charge on any atom is 0.270 e. The van der Waals surface area contributed by atoms with Gasteiger partial charge in [0.05, 0.1) is 4.92 Å². The van der Waals surface area contributed by atoms with Crippen molar-refractivity contribution in [2.24, 2.45) is 0 Å². The molecule has 0 aliphatic carbocycles. The predicted molar refractivity (Wildman–Crippen MR) is 68.7 cm³/mol. The highest BCUT2D eigenvalue weighted by molar-refractivity contribution is 5.96. The molecule has 6 heteroatoms. The Hall–Kier alpha value is -1.95. The molecule has 0 saturated carbocycles. The molecule has 0 atom stereocenters. The number of carbonyl (C=O) groups excluding carboxylic acids is 1. The minimum atomic E-state index is -0.505. The van der Waals surface area contributed by atoms with Crippen LogP contribution in [0.3, 0.4) is 0 Å². The first-order chi connectivity index (χ1) is 8.56. The first-order valence-corrected chi connectivity index (χ1v) is 5.80. The quantitative estimate of drug-likeness (QED) is 0.452.